The Labute approximate surface area is 262 Å². The van der Waals surface area contributed by atoms with Gasteiger partial charge in [-0.25, -0.2) is 8.78 Å². The number of halogens is 2. The molecule has 0 fully saturated rings. The lowest BCUT2D eigenvalue weighted by atomic mass is 9.90. The number of pyridine rings is 1. The monoisotopic (exact) mass is 624 g/mol. The number of aliphatic hydroxyl groups excluding tert-OH is 2. The Balaban J connectivity index is 1.80. The van der Waals surface area contributed by atoms with Gasteiger partial charge in [0.25, 0.3) is 5.91 Å². The summed E-state index contributed by atoms with van der Waals surface area (Å²) < 4.78 is 28.1. The molecule has 0 aliphatic carbocycles. The number of hydrogen-bond acceptors (Lipinski definition) is 6. The van der Waals surface area contributed by atoms with E-state index in [1.54, 1.807) is 12.1 Å². The maximum absolute atomic E-state index is 14.0. The van der Waals surface area contributed by atoms with Crippen molar-refractivity contribution in [3.8, 4) is 0 Å². The zero-order valence-electron chi connectivity index (χ0n) is 25.6. The third kappa shape index (κ3) is 11.3. The Morgan fingerprint density at radius 2 is 1.56 bits per heavy atom. The number of carbonyl (C=O) groups excluding carboxylic acids is 3. The molecule has 45 heavy (non-hydrogen) atoms. The van der Waals surface area contributed by atoms with Crippen LogP contribution in [0, 0.1) is 17.6 Å². The van der Waals surface area contributed by atoms with Crippen molar-refractivity contribution in [3.05, 3.63) is 101 Å². The summed E-state index contributed by atoms with van der Waals surface area (Å²) in [6, 6.07) is 12.8. The van der Waals surface area contributed by atoms with Crippen molar-refractivity contribution in [2.24, 2.45) is 5.92 Å². The summed E-state index contributed by atoms with van der Waals surface area (Å²) in [6.07, 6.45) is 2.89. The Hall–Kier alpha value is -4.22. The van der Waals surface area contributed by atoms with Crippen LogP contribution in [0.15, 0.2) is 73.1 Å². The first-order chi connectivity index (χ1) is 21.6. The molecule has 2 aromatic carbocycles. The van der Waals surface area contributed by atoms with Gasteiger partial charge in [0.15, 0.2) is 0 Å². The van der Waals surface area contributed by atoms with Gasteiger partial charge in [0.2, 0.25) is 11.8 Å². The first-order valence-corrected chi connectivity index (χ1v) is 15.2. The molecule has 3 rings (SSSR count). The van der Waals surface area contributed by atoms with Crippen molar-refractivity contribution in [2.45, 2.75) is 83.2 Å². The molecule has 9 nitrogen and oxygen atoms in total. The van der Waals surface area contributed by atoms with Crippen molar-refractivity contribution >= 4 is 17.7 Å². The lowest BCUT2D eigenvalue weighted by Crippen LogP contribution is -2.57. The van der Waals surface area contributed by atoms with Crippen LogP contribution < -0.4 is 16.0 Å². The highest BCUT2D eigenvalue weighted by Gasteiger charge is 2.36. The van der Waals surface area contributed by atoms with E-state index in [2.05, 4.69) is 20.9 Å². The largest absolute Gasteiger partial charge is 0.390 e. The normalized spacial score (nSPS) is 14.4. The fraction of sp³-hybridized carbons (Fsp3) is 0.412. The van der Waals surface area contributed by atoms with E-state index in [1.807, 2.05) is 37.3 Å². The topological polar surface area (TPSA) is 141 Å². The van der Waals surface area contributed by atoms with E-state index in [0.717, 1.165) is 37.0 Å². The standard InChI is InChI=1S/C34H42F2N4O5/c1-3-4-5-9-14-28(39-33(44)25-13-10-15-37-21-25)34(45)40-29(18-24-16-26(35)19-27(36)17-24)31(42)30(41)22(2)32(43)38-20-23-11-7-6-8-12-23/h6-8,10-13,15-17,19,21-22,28-31,41-42H,3-5,9,14,18,20H2,1-2H3,(H,38,43)(H,39,44)(H,40,45)/t22-,28?,29+,30-,31-/m1/s1. The van der Waals surface area contributed by atoms with Gasteiger partial charge in [-0.2, -0.15) is 0 Å². The molecule has 0 aliphatic rings. The van der Waals surface area contributed by atoms with E-state index in [1.165, 1.54) is 19.3 Å². The third-order valence-electron chi connectivity index (χ3n) is 7.60. The number of unbranched alkanes of at least 4 members (excludes halogenated alkanes) is 3. The molecular weight excluding hydrogens is 582 g/mol. The van der Waals surface area contributed by atoms with Crippen molar-refractivity contribution < 1.29 is 33.4 Å². The number of rotatable bonds is 17. The molecule has 0 bridgehead atoms. The smallest absolute Gasteiger partial charge is 0.253 e. The predicted octanol–water partition coefficient (Wildman–Crippen LogP) is 3.83. The highest BCUT2D eigenvalue weighted by atomic mass is 19.1. The number of aliphatic hydroxyl groups is 2. The molecular formula is C34H42F2N4O5. The minimum atomic E-state index is -1.72. The Kier molecular flexibility index (Phi) is 14.0. The molecule has 3 aromatic rings. The van der Waals surface area contributed by atoms with Crippen LogP contribution in [0.1, 0.15) is 67.4 Å². The van der Waals surface area contributed by atoms with Crippen molar-refractivity contribution in [1.82, 2.24) is 20.9 Å². The SMILES string of the molecule is CCCCCCC(NC(=O)c1cccnc1)C(=O)N[C@@H](Cc1cc(F)cc(F)c1)[C@@H](O)[C@H](O)[C@@H](C)C(=O)NCc1ccccc1. The van der Waals surface area contributed by atoms with E-state index in [0.29, 0.717) is 12.5 Å². The average Bonchev–Trinajstić information content (AvgIpc) is 3.03. The van der Waals surface area contributed by atoms with Gasteiger partial charge in [0.1, 0.15) is 23.8 Å². The van der Waals surface area contributed by atoms with Gasteiger partial charge in [-0.1, -0.05) is 69.9 Å². The summed E-state index contributed by atoms with van der Waals surface area (Å²) in [5.41, 5.74) is 1.20. The first kappa shape index (κ1) is 35.3. The maximum atomic E-state index is 14.0. The van der Waals surface area contributed by atoms with Crippen LogP contribution >= 0.6 is 0 Å². The Bertz CT molecular complexity index is 1360. The van der Waals surface area contributed by atoms with Crippen LogP contribution in [0.3, 0.4) is 0 Å². The van der Waals surface area contributed by atoms with Gasteiger partial charge in [-0.05, 0) is 48.2 Å². The summed E-state index contributed by atoms with van der Waals surface area (Å²) >= 11 is 0. The van der Waals surface area contributed by atoms with E-state index < -0.39 is 59.6 Å². The van der Waals surface area contributed by atoms with E-state index in [9.17, 15) is 33.4 Å². The second kappa shape index (κ2) is 17.9. The highest BCUT2D eigenvalue weighted by molar-refractivity contribution is 5.97. The zero-order valence-corrected chi connectivity index (χ0v) is 25.6. The van der Waals surface area contributed by atoms with Crippen LogP contribution in [0.25, 0.3) is 0 Å². The molecule has 0 saturated heterocycles. The molecule has 1 unspecified atom stereocenters. The van der Waals surface area contributed by atoms with Crippen molar-refractivity contribution in [2.75, 3.05) is 0 Å². The molecule has 0 radical (unpaired) electrons. The number of nitrogens with one attached hydrogen (secondary N) is 3. The van der Waals surface area contributed by atoms with Crippen LogP contribution in [-0.2, 0) is 22.6 Å². The maximum Gasteiger partial charge on any atom is 0.253 e. The minimum absolute atomic E-state index is 0.115. The first-order valence-electron chi connectivity index (χ1n) is 15.2. The molecule has 11 heteroatoms. The number of nitrogens with zero attached hydrogens (tertiary/aromatic N) is 1. The second-order valence-electron chi connectivity index (χ2n) is 11.2. The van der Waals surface area contributed by atoms with E-state index in [4.69, 9.17) is 0 Å². The van der Waals surface area contributed by atoms with Crippen LogP contribution in [0.5, 0.6) is 0 Å². The fourth-order valence-electron chi connectivity index (χ4n) is 4.94. The van der Waals surface area contributed by atoms with E-state index >= 15 is 0 Å². The summed E-state index contributed by atoms with van der Waals surface area (Å²) in [5.74, 6) is -4.52. The van der Waals surface area contributed by atoms with E-state index in [-0.39, 0.29) is 30.5 Å². The van der Waals surface area contributed by atoms with Gasteiger partial charge in [0, 0.05) is 25.0 Å². The number of benzene rings is 2. The molecule has 242 valence electrons. The van der Waals surface area contributed by atoms with Gasteiger partial charge in [-0.15, -0.1) is 0 Å². The lowest BCUT2D eigenvalue weighted by Gasteiger charge is -2.32. The summed E-state index contributed by atoms with van der Waals surface area (Å²) in [5, 5.41) is 30.5. The summed E-state index contributed by atoms with van der Waals surface area (Å²) in [7, 11) is 0. The fourth-order valence-corrected chi connectivity index (χ4v) is 4.94. The van der Waals surface area contributed by atoms with Crippen LogP contribution in [0.2, 0.25) is 0 Å². The molecule has 1 aromatic heterocycles. The van der Waals surface area contributed by atoms with Gasteiger partial charge < -0.3 is 26.2 Å². The number of carbonyl (C=O) groups is 3. The molecule has 0 spiro atoms. The lowest BCUT2D eigenvalue weighted by molar-refractivity contribution is -0.133. The molecule has 5 N–H and O–H groups in total. The van der Waals surface area contributed by atoms with Gasteiger partial charge in [0.05, 0.1) is 23.6 Å². The Morgan fingerprint density at radius 3 is 2.20 bits per heavy atom. The quantitative estimate of drug-likeness (QED) is 0.145. The third-order valence-corrected chi connectivity index (χ3v) is 7.60. The number of hydrogen-bond donors (Lipinski definition) is 5. The molecule has 5 atom stereocenters. The second-order valence-corrected chi connectivity index (χ2v) is 11.2. The summed E-state index contributed by atoms with van der Waals surface area (Å²) in [6.45, 7) is 3.68. The number of amides is 3. The minimum Gasteiger partial charge on any atom is -0.390 e. The van der Waals surface area contributed by atoms with Crippen LogP contribution in [-0.4, -0.2) is 57.2 Å². The Morgan fingerprint density at radius 1 is 0.844 bits per heavy atom. The highest BCUT2D eigenvalue weighted by Crippen LogP contribution is 2.18. The summed E-state index contributed by atoms with van der Waals surface area (Å²) in [4.78, 5) is 43.4. The number of aromatic nitrogens is 1. The van der Waals surface area contributed by atoms with Gasteiger partial charge >= 0.3 is 0 Å². The molecule has 1 heterocycles. The van der Waals surface area contributed by atoms with Crippen molar-refractivity contribution in [1.29, 1.82) is 0 Å². The van der Waals surface area contributed by atoms with Gasteiger partial charge in [-0.3, -0.25) is 19.4 Å². The molecule has 0 saturated carbocycles. The average molecular weight is 625 g/mol. The van der Waals surface area contributed by atoms with Crippen LogP contribution in [0.4, 0.5) is 8.78 Å². The molecule has 3 amide bonds. The molecule has 0 aliphatic heterocycles. The zero-order chi connectivity index (χ0) is 32.8. The predicted molar refractivity (Wildman–Crippen MR) is 166 cm³/mol. The van der Waals surface area contributed by atoms with Crippen molar-refractivity contribution in [3.63, 3.8) is 0 Å².